The van der Waals surface area contributed by atoms with Gasteiger partial charge in [-0.2, -0.15) is 0 Å². The van der Waals surface area contributed by atoms with Crippen molar-refractivity contribution in [3.05, 3.63) is 53.5 Å². The molecule has 2 N–H and O–H groups in total. The van der Waals surface area contributed by atoms with Gasteiger partial charge in [0.05, 0.1) is 24.1 Å². The summed E-state index contributed by atoms with van der Waals surface area (Å²) in [6, 6.07) is 8.68. The minimum absolute atomic E-state index is 0.131. The second-order valence-electron chi connectivity index (χ2n) is 4.43. The van der Waals surface area contributed by atoms with E-state index in [9.17, 15) is 9.59 Å². The summed E-state index contributed by atoms with van der Waals surface area (Å²) in [7, 11) is 0. The molecule has 0 unspecified atom stereocenters. The molecular formula is C15H15NO4S. The van der Waals surface area contributed by atoms with Crippen LogP contribution in [0.25, 0.3) is 0 Å². The maximum atomic E-state index is 11.7. The SMILES string of the molecule is Cc1ccc(SCC(=O)NCc2ccco2)cc1C(=O)O. The molecule has 0 aliphatic heterocycles. The van der Waals surface area contributed by atoms with Crippen LogP contribution in [0.1, 0.15) is 21.7 Å². The number of thioether (sulfide) groups is 1. The highest BCUT2D eigenvalue weighted by atomic mass is 32.2. The summed E-state index contributed by atoms with van der Waals surface area (Å²) in [6.07, 6.45) is 1.55. The molecule has 0 saturated heterocycles. The van der Waals surface area contributed by atoms with Gasteiger partial charge >= 0.3 is 5.97 Å². The molecule has 0 aliphatic carbocycles. The zero-order valence-corrected chi connectivity index (χ0v) is 12.3. The number of benzene rings is 1. The molecule has 0 bridgehead atoms. The molecule has 6 heteroatoms. The highest BCUT2D eigenvalue weighted by Crippen LogP contribution is 2.21. The van der Waals surface area contributed by atoms with Crippen molar-refractivity contribution in [1.29, 1.82) is 0 Å². The van der Waals surface area contributed by atoms with Crippen LogP contribution in [-0.2, 0) is 11.3 Å². The summed E-state index contributed by atoms with van der Waals surface area (Å²) < 4.78 is 5.12. The van der Waals surface area contributed by atoms with Crippen LogP contribution in [0.2, 0.25) is 0 Å². The number of aryl methyl sites for hydroxylation is 1. The summed E-state index contributed by atoms with van der Waals surface area (Å²) >= 11 is 1.30. The lowest BCUT2D eigenvalue weighted by Crippen LogP contribution is -2.24. The number of carbonyl (C=O) groups is 2. The minimum Gasteiger partial charge on any atom is -0.478 e. The van der Waals surface area contributed by atoms with Crippen LogP contribution < -0.4 is 5.32 Å². The number of nitrogens with one attached hydrogen (secondary N) is 1. The lowest BCUT2D eigenvalue weighted by molar-refractivity contribution is -0.118. The number of hydrogen-bond donors (Lipinski definition) is 2. The largest absolute Gasteiger partial charge is 0.478 e. The van der Waals surface area contributed by atoms with E-state index in [1.807, 2.05) is 6.07 Å². The van der Waals surface area contributed by atoms with Crippen molar-refractivity contribution in [3.8, 4) is 0 Å². The molecule has 0 saturated carbocycles. The summed E-state index contributed by atoms with van der Waals surface area (Å²) in [4.78, 5) is 23.5. The number of rotatable bonds is 6. The van der Waals surface area contributed by atoms with Gasteiger partial charge in [-0.3, -0.25) is 4.79 Å². The Labute approximate surface area is 126 Å². The van der Waals surface area contributed by atoms with Crippen LogP contribution in [0.15, 0.2) is 45.9 Å². The highest BCUT2D eigenvalue weighted by molar-refractivity contribution is 8.00. The maximum Gasteiger partial charge on any atom is 0.335 e. The Morgan fingerprint density at radius 3 is 2.81 bits per heavy atom. The Balaban J connectivity index is 1.86. The Morgan fingerprint density at radius 1 is 1.33 bits per heavy atom. The Bertz CT molecular complexity index is 637. The van der Waals surface area contributed by atoms with Crippen LogP contribution in [0.3, 0.4) is 0 Å². The van der Waals surface area contributed by atoms with Gasteiger partial charge in [-0.25, -0.2) is 4.79 Å². The fourth-order valence-electron chi connectivity index (χ4n) is 1.72. The molecule has 0 atom stereocenters. The molecule has 21 heavy (non-hydrogen) atoms. The predicted octanol–water partition coefficient (Wildman–Crippen LogP) is 2.69. The van der Waals surface area contributed by atoms with Gasteiger partial charge in [0, 0.05) is 4.90 Å². The summed E-state index contributed by atoms with van der Waals surface area (Å²) in [5.74, 6) is -0.175. The van der Waals surface area contributed by atoms with Gasteiger partial charge < -0.3 is 14.8 Å². The summed E-state index contributed by atoms with van der Waals surface area (Å²) in [6.45, 7) is 2.09. The van der Waals surface area contributed by atoms with E-state index in [0.717, 1.165) is 4.90 Å². The Hall–Kier alpha value is -2.21. The Morgan fingerprint density at radius 2 is 2.14 bits per heavy atom. The first-order chi connectivity index (χ1) is 10.1. The van der Waals surface area contributed by atoms with Crippen molar-refractivity contribution in [3.63, 3.8) is 0 Å². The molecular weight excluding hydrogens is 290 g/mol. The van der Waals surface area contributed by atoms with Crippen molar-refractivity contribution >= 4 is 23.6 Å². The molecule has 1 heterocycles. The lowest BCUT2D eigenvalue weighted by atomic mass is 10.1. The summed E-state index contributed by atoms with van der Waals surface area (Å²) in [5, 5.41) is 11.8. The van der Waals surface area contributed by atoms with Crippen LogP contribution in [0, 0.1) is 6.92 Å². The number of carboxylic acids is 1. The molecule has 1 aromatic heterocycles. The topological polar surface area (TPSA) is 79.5 Å². The zero-order chi connectivity index (χ0) is 15.2. The van der Waals surface area contributed by atoms with E-state index in [4.69, 9.17) is 9.52 Å². The number of furan rings is 1. The van der Waals surface area contributed by atoms with E-state index in [-0.39, 0.29) is 17.2 Å². The number of aromatic carboxylic acids is 1. The van der Waals surface area contributed by atoms with E-state index >= 15 is 0 Å². The molecule has 0 aliphatic rings. The molecule has 0 spiro atoms. The average molecular weight is 305 g/mol. The van der Waals surface area contributed by atoms with Crippen molar-refractivity contribution in [2.45, 2.75) is 18.4 Å². The predicted molar refractivity (Wildman–Crippen MR) is 79.4 cm³/mol. The molecule has 110 valence electrons. The molecule has 1 aromatic carbocycles. The molecule has 0 radical (unpaired) electrons. The van der Waals surface area contributed by atoms with E-state index in [1.54, 1.807) is 37.5 Å². The van der Waals surface area contributed by atoms with Gasteiger partial charge in [-0.1, -0.05) is 6.07 Å². The molecule has 2 aromatic rings. The first-order valence-electron chi connectivity index (χ1n) is 6.32. The van der Waals surface area contributed by atoms with Gasteiger partial charge in [0.15, 0.2) is 0 Å². The van der Waals surface area contributed by atoms with E-state index in [0.29, 0.717) is 17.9 Å². The lowest BCUT2D eigenvalue weighted by Gasteiger charge is -2.06. The van der Waals surface area contributed by atoms with Gasteiger partial charge in [-0.15, -0.1) is 11.8 Å². The molecule has 2 rings (SSSR count). The van der Waals surface area contributed by atoms with Gasteiger partial charge in [0.25, 0.3) is 0 Å². The first kappa shape index (κ1) is 15.2. The van der Waals surface area contributed by atoms with Crippen LogP contribution in [-0.4, -0.2) is 22.7 Å². The smallest absolute Gasteiger partial charge is 0.335 e. The highest BCUT2D eigenvalue weighted by Gasteiger charge is 2.09. The van der Waals surface area contributed by atoms with Gasteiger partial charge in [0.1, 0.15) is 5.76 Å². The third-order valence-electron chi connectivity index (χ3n) is 2.85. The Kier molecular flexibility index (Phi) is 5.05. The van der Waals surface area contributed by atoms with Crippen molar-refractivity contribution in [2.24, 2.45) is 0 Å². The number of amides is 1. The zero-order valence-electron chi connectivity index (χ0n) is 11.5. The first-order valence-corrected chi connectivity index (χ1v) is 7.30. The quantitative estimate of drug-likeness (QED) is 0.802. The fraction of sp³-hybridized carbons (Fsp3) is 0.200. The van der Waals surface area contributed by atoms with E-state index in [1.165, 1.54) is 11.8 Å². The van der Waals surface area contributed by atoms with Gasteiger partial charge in [-0.05, 0) is 36.8 Å². The second kappa shape index (κ2) is 6.99. The van der Waals surface area contributed by atoms with Crippen molar-refractivity contribution in [2.75, 3.05) is 5.75 Å². The standard InChI is InChI=1S/C15H15NO4S/c1-10-4-5-12(7-13(10)15(18)19)21-9-14(17)16-8-11-3-2-6-20-11/h2-7H,8-9H2,1H3,(H,16,17)(H,18,19). The number of carboxylic acid groups (broad SMARTS) is 1. The third-order valence-corrected chi connectivity index (χ3v) is 3.84. The van der Waals surface area contributed by atoms with E-state index in [2.05, 4.69) is 5.32 Å². The number of carbonyl (C=O) groups excluding carboxylic acids is 1. The van der Waals surface area contributed by atoms with E-state index < -0.39 is 5.97 Å². The average Bonchev–Trinajstić information content (AvgIpc) is 2.97. The number of hydrogen-bond acceptors (Lipinski definition) is 4. The fourth-order valence-corrected chi connectivity index (χ4v) is 2.49. The molecule has 1 amide bonds. The molecule has 5 nitrogen and oxygen atoms in total. The van der Waals surface area contributed by atoms with Gasteiger partial charge in [0.2, 0.25) is 5.91 Å². The maximum absolute atomic E-state index is 11.7. The van der Waals surface area contributed by atoms with Crippen LogP contribution in [0.4, 0.5) is 0 Å². The van der Waals surface area contributed by atoms with Crippen molar-refractivity contribution in [1.82, 2.24) is 5.32 Å². The van der Waals surface area contributed by atoms with Crippen molar-refractivity contribution < 1.29 is 19.1 Å². The normalized spacial score (nSPS) is 10.3. The minimum atomic E-state index is -0.961. The second-order valence-corrected chi connectivity index (χ2v) is 5.48. The monoisotopic (exact) mass is 305 g/mol. The van der Waals surface area contributed by atoms with Crippen LogP contribution in [0.5, 0.6) is 0 Å². The summed E-state index contributed by atoms with van der Waals surface area (Å²) in [5.41, 5.74) is 0.963. The van der Waals surface area contributed by atoms with Crippen LogP contribution >= 0.6 is 11.8 Å². The third kappa shape index (κ3) is 4.39. The molecule has 0 fully saturated rings.